The van der Waals surface area contributed by atoms with Crippen molar-refractivity contribution in [3.63, 3.8) is 0 Å². The molecule has 1 aliphatic rings. The van der Waals surface area contributed by atoms with E-state index in [2.05, 4.69) is 18.1 Å². The van der Waals surface area contributed by atoms with Crippen LogP contribution in [-0.4, -0.2) is 39.6 Å². The molecule has 22 heavy (non-hydrogen) atoms. The van der Waals surface area contributed by atoms with E-state index in [0.29, 0.717) is 19.0 Å². The number of carbonyl (C=O) groups is 2. The maximum Gasteiger partial charge on any atom is 0.311 e. The van der Waals surface area contributed by atoms with Crippen molar-refractivity contribution in [2.75, 3.05) is 13.1 Å². The summed E-state index contributed by atoms with van der Waals surface area (Å²) in [5, 5.41) is 5.43. The Hall–Kier alpha value is -2.37. The second-order valence-electron chi connectivity index (χ2n) is 5.72. The van der Waals surface area contributed by atoms with Crippen LogP contribution in [0, 0.1) is 5.92 Å². The average Bonchev–Trinajstić information content (AvgIpc) is 2.87. The van der Waals surface area contributed by atoms with Crippen molar-refractivity contribution in [2.45, 2.75) is 19.8 Å². The van der Waals surface area contributed by atoms with Crippen LogP contribution >= 0.6 is 0 Å². The van der Waals surface area contributed by atoms with Gasteiger partial charge in [-0.2, -0.15) is 5.10 Å². The maximum absolute atomic E-state index is 11.1. The molecule has 2 amide bonds. The zero-order valence-electron chi connectivity index (χ0n) is 13.0. The molecule has 0 bridgehead atoms. The van der Waals surface area contributed by atoms with E-state index in [1.807, 2.05) is 36.1 Å². The van der Waals surface area contributed by atoms with Crippen LogP contribution in [0.2, 0.25) is 0 Å². The number of aromatic nitrogens is 2. The number of nitrogens with zero attached hydrogens (tertiary/aromatic N) is 3. The van der Waals surface area contributed by atoms with Crippen molar-refractivity contribution in [2.24, 2.45) is 18.7 Å². The van der Waals surface area contributed by atoms with Gasteiger partial charge in [0.15, 0.2) is 0 Å². The number of hydrogen-bond acceptors (Lipinski definition) is 3. The van der Waals surface area contributed by atoms with Crippen LogP contribution in [-0.2, 0) is 16.6 Å². The molecule has 0 saturated carbocycles. The van der Waals surface area contributed by atoms with E-state index < -0.39 is 11.8 Å². The number of carbonyl (C=O) groups excluding carboxylic acids is 2. The molecular weight excluding hydrogens is 280 g/mol. The van der Waals surface area contributed by atoms with Crippen molar-refractivity contribution < 1.29 is 9.59 Å². The van der Waals surface area contributed by atoms with Gasteiger partial charge >= 0.3 is 11.8 Å². The highest BCUT2D eigenvalue weighted by Crippen LogP contribution is 2.15. The van der Waals surface area contributed by atoms with Gasteiger partial charge in [0.25, 0.3) is 0 Å². The Kier molecular flexibility index (Phi) is 5.14. The lowest BCUT2D eigenvalue weighted by molar-refractivity contribution is -0.145. The number of likely N-dealkylation sites (tertiary alicyclic amines) is 1. The lowest BCUT2D eigenvalue weighted by Gasteiger charge is -2.29. The maximum atomic E-state index is 11.1. The largest absolute Gasteiger partial charge is 0.361 e. The SMILES string of the molecule is CC1CCCN(C(=O)C(N)=O)C1.Cn1cc2ccccc2n1. The van der Waals surface area contributed by atoms with E-state index in [-0.39, 0.29) is 0 Å². The first-order chi connectivity index (χ1) is 10.5. The fourth-order valence-corrected chi connectivity index (χ4v) is 2.62. The number of rotatable bonds is 0. The number of primary amides is 1. The Labute approximate surface area is 129 Å². The number of nitrogens with two attached hydrogens (primary N) is 1. The van der Waals surface area contributed by atoms with Crippen LogP contribution in [0.5, 0.6) is 0 Å². The number of hydrogen-bond donors (Lipinski definition) is 1. The second kappa shape index (κ2) is 7.06. The Morgan fingerprint density at radius 3 is 2.68 bits per heavy atom. The van der Waals surface area contributed by atoms with Crippen molar-refractivity contribution in [1.82, 2.24) is 14.7 Å². The quantitative estimate of drug-likeness (QED) is 0.745. The highest BCUT2D eigenvalue weighted by Gasteiger charge is 2.23. The summed E-state index contributed by atoms with van der Waals surface area (Å²) in [7, 11) is 1.93. The predicted octanol–water partition coefficient (Wildman–Crippen LogP) is 1.30. The van der Waals surface area contributed by atoms with E-state index in [4.69, 9.17) is 5.73 Å². The first-order valence-corrected chi connectivity index (χ1v) is 7.44. The zero-order valence-corrected chi connectivity index (χ0v) is 13.0. The monoisotopic (exact) mass is 302 g/mol. The highest BCUT2D eigenvalue weighted by atomic mass is 16.2. The van der Waals surface area contributed by atoms with E-state index >= 15 is 0 Å². The third-order valence-electron chi connectivity index (χ3n) is 3.68. The molecule has 2 heterocycles. The molecule has 1 aliphatic heterocycles. The van der Waals surface area contributed by atoms with E-state index in [1.165, 1.54) is 10.3 Å². The molecule has 2 N–H and O–H groups in total. The molecule has 6 nitrogen and oxygen atoms in total. The zero-order chi connectivity index (χ0) is 16.1. The molecule has 1 fully saturated rings. The van der Waals surface area contributed by atoms with Gasteiger partial charge in [-0.3, -0.25) is 14.3 Å². The second-order valence-corrected chi connectivity index (χ2v) is 5.72. The molecule has 0 radical (unpaired) electrons. The smallest absolute Gasteiger partial charge is 0.311 e. The molecule has 2 aromatic rings. The summed E-state index contributed by atoms with van der Waals surface area (Å²) in [6, 6.07) is 8.08. The van der Waals surface area contributed by atoms with Crippen molar-refractivity contribution in [3.05, 3.63) is 30.5 Å². The summed E-state index contributed by atoms with van der Waals surface area (Å²) in [5.74, 6) is -0.896. The number of aryl methyl sites for hydroxylation is 1. The highest BCUT2D eigenvalue weighted by molar-refractivity contribution is 6.34. The molecule has 118 valence electrons. The Balaban J connectivity index is 0.000000162. The number of piperidine rings is 1. The van der Waals surface area contributed by atoms with Gasteiger partial charge in [-0.1, -0.05) is 25.1 Å². The number of fused-ring (bicyclic) bond motifs is 1. The van der Waals surface area contributed by atoms with E-state index in [0.717, 1.165) is 18.4 Å². The van der Waals surface area contributed by atoms with Gasteiger partial charge in [0.2, 0.25) is 0 Å². The fourth-order valence-electron chi connectivity index (χ4n) is 2.62. The molecule has 6 heteroatoms. The van der Waals surface area contributed by atoms with Crippen LogP contribution in [0.25, 0.3) is 10.9 Å². The van der Waals surface area contributed by atoms with Gasteiger partial charge in [-0.05, 0) is 24.8 Å². The van der Waals surface area contributed by atoms with Crippen LogP contribution < -0.4 is 5.73 Å². The van der Waals surface area contributed by atoms with Gasteiger partial charge in [-0.15, -0.1) is 0 Å². The summed E-state index contributed by atoms with van der Waals surface area (Å²) in [6.45, 7) is 3.41. The van der Waals surface area contributed by atoms with Crippen molar-refractivity contribution in [1.29, 1.82) is 0 Å². The topological polar surface area (TPSA) is 81.2 Å². The number of amides is 2. The first kappa shape index (κ1) is 16.0. The summed E-state index contributed by atoms with van der Waals surface area (Å²) in [6.07, 6.45) is 4.11. The molecule has 1 aromatic carbocycles. The summed E-state index contributed by atoms with van der Waals surface area (Å²) < 4.78 is 1.82. The molecule has 0 spiro atoms. The molecule has 1 aromatic heterocycles. The fraction of sp³-hybridized carbons (Fsp3) is 0.438. The minimum Gasteiger partial charge on any atom is -0.361 e. The van der Waals surface area contributed by atoms with E-state index in [1.54, 1.807) is 0 Å². The lowest BCUT2D eigenvalue weighted by Crippen LogP contribution is -2.45. The van der Waals surface area contributed by atoms with Crippen molar-refractivity contribution >= 4 is 22.7 Å². The molecule has 3 rings (SSSR count). The average molecular weight is 302 g/mol. The Morgan fingerprint density at radius 2 is 2.05 bits per heavy atom. The van der Waals surface area contributed by atoms with Gasteiger partial charge in [0.05, 0.1) is 5.52 Å². The van der Waals surface area contributed by atoms with Gasteiger partial charge in [0, 0.05) is 31.7 Å². The Morgan fingerprint density at radius 1 is 1.32 bits per heavy atom. The van der Waals surface area contributed by atoms with Crippen LogP contribution in [0.1, 0.15) is 19.8 Å². The predicted molar refractivity (Wildman–Crippen MR) is 84.9 cm³/mol. The Bertz CT molecular complexity index is 632. The molecule has 1 atom stereocenters. The lowest BCUT2D eigenvalue weighted by atomic mass is 10.0. The third-order valence-corrected chi connectivity index (χ3v) is 3.68. The number of benzene rings is 1. The molecule has 1 unspecified atom stereocenters. The van der Waals surface area contributed by atoms with Crippen molar-refractivity contribution in [3.8, 4) is 0 Å². The van der Waals surface area contributed by atoms with Crippen LogP contribution in [0.4, 0.5) is 0 Å². The summed E-state index contributed by atoms with van der Waals surface area (Å²) in [4.78, 5) is 23.2. The molecule has 0 aliphatic carbocycles. The minimum atomic E-state index is -0.843. The van der Waals surface area contributed by atoms with Gasteiger partial charge in [0.1, 0.15) is 0 Å². The summed E-state index contributed by atoms with van der Waals surface area (Å²) >= 11 is 0. The normalized spacial score (nSPS) is 17.7. The van der Waals surface area contributed by atoms with Gasteiger partial charge in [-0.25, -0.2) is 0 Å². The molecule has 1 saturated heterocycles. The van der Waals surface area contributed by atoms with Gasteiger partial charge < -0.3 is 10.6 Å². The minimum absolute atomic E-state index is 0.488. The van der Waals surface area contributed by atoms with E-state index in [9.17, 15) is 9.59 Å². The summed E-state index contributed by atoms with van der Waals surface area (Å²) in [5.41, 5.74) is 5.94. The first-order valence-electron chi connectivity index (χ1n) is 7.44. The van der Waals surface area contributed by atoms with Crippen LogP contribution in [0.15, 0.2) is 30.5 Å². The third kappa shape index (κ3) is 4.07. The molecular formula is C16H22N4O2. The van der Waals surface area contributed by atoms with Crippen LogP contribution in [0.3, 0.4) is 0 Å². The standard InChI is InChI=1S/C8H14N2O2.C8H8N2/c1-6-3-2-4-10(5-6)8(12)7(9)11;1-10-6-7-4-2-3-5-8(7)9-10/h6H,2-5H2,1H3,(H2,9,11);2-6H,1H3.